The lowest BCUT2D eigenvalue weighted by molar-refractivity contribution is -0.121. The average Bonchev–Trinajstić information content (AvgIpc) is 2.19. The van der Waals surface area contributed by atoms with Crippen LogP contribution in [0.25, 0.3) is 0 Å². The van der Waals surface area contributed by atoms with Crippen LogP contribution in [0, 0.1) is 0 Å². The first-order chi connectivity index (χ1) is 7.16. The van der Waals surface area contributed by atoms with Gasteiger partial charge in [-0.05, 0) is 33.1 Å². The first kappa shape index (κ1) is 13.9. The van der Waals surface area contributed by atoms with Gasteiger partial charge in [0.05, 0.1) is 5.71 Å². The summed E-state index contributed by atoms with van der Waals surface area (Å²) in [5, 5.41) is 6.64. The normalized spacial score (nSPS) is 9.53. The van der Waals surface area contributed by atoms with Crippen LogP contribution in [0.1, 0.15) is 46.5 Å². The van der Waals surface area contributed by atoms with Gasteiger partial charge >= 0.3 is 0 Å². The Bertz CT molecular complexity index is 199. The maximum atomic E-state index is 11.2. The molecule has 4 heteroatoms. The molecule has 4 nitrogen and oxygen atoms in total. The van der Waals surface area contributed by atoms with E-state index in [1.54, 1.807) is 0 Å². The van der Waals surface area contributed by atoms with E-state index in [9.17, 15) is 4.79 Å². The summed E-state index contributed by atoms with van der Waals surface area (Å²) in [6.07, 6.45) is 3.29. The highest BCUT2D eigenvalue weighted by Crippen LogP contribution is 1.96. The van der Waals surface area contributed by atoms with Crippen molar-refractivity contribution < 1.29 is 9.63 Å². The molecule has 0 rings (SSSR count). The molecule has 0 aliphatic rings. The van der Waals surface area contributed by atoms with Gasteiger partial charge in [-0.1, -0.05) is 12.1 Å². The molecule has 0 saturated carbocycles. The number of hydrogen-bond donors (Lipinski definition) is 1. The molecule has 0 saturated heterocycles. The van der Waals surface area contributed by atoms with Gasteiger partial charge in [0.2, 0.25) is 5.91 Å². The van der Waals surface area contributed by atoms with Crippen molar-refractivity contribution >= 4 is 11.6 Å². The van der Waals surface area contributed by atoms with Crippen molar-refractivity contribution in [3.63, 3.8) is 0 Å². The molecule has 0 fully saturated rings. The maximum Gasteiger partial charge on any atom is 0.219 e. The molecule has 0 aliphatic heterocycles. The molecule has 0 unspecified atom stereocenters. The Morgan fingerprint density at radius 2 is 2.07 bits per heavy atom. The van der Waals surface area contributed by atoms with E-state index in [4.69, 9.17) is 4.84 Å². The smallest absolute Gasteiger partial charge is 0.219 e. The van der Waals surface area contributed by atoms with Crippen molar-refractivity contribution in [3.05, 3.63) is 0 Å². The third kappa shape index (κ3) is 10.9. The summed E-state index contributed by atoms with van der Waals surface area (Å²) in [6, 6.07) is 0. The molecule has 15 heavy (non-hydrogen) atoms. The molecule has 0 heterocycles. The van der Waals surface area contributed by atoms with Crippen LogP contribution < -0.4 is 5.32 Å². The van der Waals surface area contributed by atoms with Gasteiger partial charge in [-0.3, -0.25) is 4.79 Å². The van der Waals surface area contributed by atoms with Crippen molar-refractivity contribution in [1.82, 2.24) is 5.32 Å². The fourth-order valence-electron chi connectivity index (χ4n) is 0.980. The lowest BCUT2D eigenvalue weighted by Gasteiger charge is -2.03. The van der Waals surface area contributed by atoms with Crippen molar-refractivity contribution in [2.75, 3.05) is 13.2 Å². The second-order valence-electron chi connectivity index (χ2n) is 3.68. The lowest BCUT2D eigenvalue weighted by atomic mass is 10.2. The minimum Gasteiger partial charge on any atom is -0.396 e. The zero-order valence-corrected chi connectivity index (χ0v) is 10.0. The highest BCUT2D eigenvalue weighted by molar-refractivity contribution is 5.78. The molecule has 0 radical (unpaired) electrons. The second-order valence-corrected chi connectivity index (χ2v) is 3.68. The minimum atomic E-state index is 0.132. The quantitative estimate of drug-likeness (QED) is 0.382. The first-order valence-electron chi connectivity index (χ1n) is 5.56. The number of amides is 1. The molecule has 0 aromatic carbocycles. The molecular formula is C11H22N2O2. The Labute approximate surface area is 92.1 Å². The summed E-state index contributed by atoms with van der Waals surface area (Å²) in [7, 11) is 0. The summed E-state index contributed by atoms with van der Waals surface area (Å²) in [5.41, 5.74) is 0.913. The first-order valence-corrected chi connectivity index (χ1v) is 5.56. The van der Waals surface area contributed by atoms with Gasteiger partial charge < -0.3 is 10.2 Å². The SMILES string of the molecule is CCCNC(=O)CCCCON=C(C)C. The highest BCUT2D eigenvalue weighted by Gasteiger charge is 1.98. The van der Waals surface area contributed by atoms with Gasteiger partial charge in [-0.15, -0.1) is 0 Å². The lowest BCUT2D eigenvalue weighted by Crippen LogP contribution is -2.23. The second kappa shape index (κ2) is 9.49. The topological polar surface area (TPSA) is 50.7 Å². The van der Waals surface area contributed by atoms with Crippen molar-refractivity contribution in [3.8, 4) is 0 Å². The summed E-state index contributed by atoms with van der Waals surface area (Å²) in [4.78, 5) is 16.2. The van der Waals surface area contributed by atoms with Crippen LogP contribution >= 0.6 is 0 Å². The van der Waals surface area contributed by atoms with Crippen LogP contribution in [0.15, 0.2) is 5.16 Å². The van der Waals surface area contributed by atoms with Gasteiger partial charge in [0.1, 0.15) is 6.61 Å². The standard InChI is InChI=1S/C11H22N2O2/c1-4-8-12-11(14)7-5-6-9-15-13-10(2)3/h4-9H2,1-3H3,(H,12,14). The van der Waals surface area contributed by atoms with E-state index in [0.29, 0.717) is 13.0 Å². The van der Waals surface area contributed by atoms with E-state index in [1.165, 1.54) is 0 Å². The number of nitrogens with one attached hydrogen (secondary N) is 1. The predicted molar refractivity (Wildman–Crippen MR) is 61.9 cm³/mol. The van der Waals surface area contributed by atoms with Crippen LogP contribution in [0.4, 0.5) is 0 Å². The highest BCUT2D eigenvalue weighted by atomic mass is 16.6. The summed E-state index contributed by atoms with van der Waals surface area (Å²) in [5.74, 6) is 0.132. The van der Waals surface area contributed by atoms with Gasteiger partial charge in [-0.2, -0.15) is 0 Å². The minimum absolute atomic E-state index is 0.132. The van der Waals surface area contributed by atoms with E-state index in [2.05, 4.69) is 10.5 Å². The van der Waals surface area contributed by atoms with E-state index in [1.807, 2.05) is 20.8 Å². The Balaban J connectivity index is 3.23. The summed E-state index contributed by atoms with van der Waals surface area (Å²) < 4.78 is 0. The Kier molecular flexibility index (Phi) is 8.82. The Morgan fingerprint density at radius 1 is 1.33 bits per heavy atom. The Morgan fingerprint density at radius 3 is 2.67 bits per heavy atom. The summed E-state index contributed by atoms with van der Waals surface area (Å²) in [6.45, 7) is 7.18. The molecule has 0 aromatic rings. The van der Waals surface area contributed by atoms with Crippen LogP contribution in [0.5, 0.6) is 0 Å². The number of hydrogen-bond acceptors (Lipinski definition) is 3. The molecule has 88 valence electrons. The van der Waals surface area contributed by atoms with Crippen molar-refractivity contribution in [1.29, 1.82) is 0 Å². The average molecular weight is 214 g/mol. The molecule has 0 atom stereocenters. The molecule has 1 N–H and O–H groups in total. The van der Waals surface area contributed by atoms with Gasteiger partial charge in [0.15, 0.2) is 0 Å². The fraction of sp³-hybridized carbons (Fsp3) is 0.818. The van der Waals surface area contributed by atoms with Crippen LogP contribution in [-0.4, -0.2) is 24.8 Å². The van der Waals surface area contributed by atoms with Gasteiger partial charge in [-0.25, -0.2) is 0 Å². The molecular weight excluding hydrogens is 192 g/mol. The maximum absolute atomic E-state index is 11.2. The molecule has 0 spiro atoms. The Hall–Kier alpha value is -1.06. The van der Waals surface area contributed by atoms with Crippen LogP contribution in [0.2, 0.25) is 0 Å². The van der Waals surface area contributed by atoms with Crippen LogP contribution in [-0.2, 0) is 9.63 Å². The number of nitrogens with zero attached hydrogens (tertiary/aromatic N) is 1. The number of carbonyl (C=O) groups is 1. The molecule has 0 bridgehead atoms. The molecule has 0 aliphatic carbocycles. The van der Waals surface area contributed by atoms with E-state index < -0.39 is 0 Å². The van der Waals surface area contributed by atoms with E-state index in [-0.39, 0.29) is 5.91 Å². The number of rotatable bonds is 8. The zero-order valence-electron chi connectivity index (χ0n) is 10.0. The van der Waals surface area contributed by atoms with E-state index >= 15 is 0 Å². The zero-order chi connectivity index (χ0) is 11.5. The summed E-state index contributed by atoms with van der Waals surface area (Å²) >= 11 is 0. The number of unbranched alkanes of at least 4 members (excludes halogenated alkanes) is 1. The molecule has 0 aromatic heterocycles. The monoisotopic (exact) mass is 214 g/mol. The van der Waals surface area contributed by atoms with Gasteiger partial charge in [0, 0.05) is 13.0 Å². The predicted octanol–water partition coefficient (Wildman–Crippen LogP) is 2.10. The van der Waals surface area contributed by atoms with E-state index in [0.717, 1.165) is 31.5 Å². The third-order valence-corrected chi connectivity index (χ3v) is 1.71. The fourth-order valence-corrected chi connectivity index (χ4v) is 0.980. The van der Waals surface area contributed by atoms with Crippen molar-refractivity contribution in [2.24, 2.45) is 5.16 Å². The van der Waals surface area contributed by atoms with Crippen molar-refractivity contribution in [2.45, 2.75) is 46.5 Å². The number of carbonyl (C=O) groups excluding carboxylic acids is 1. The largest absolute Gasteiger partial charge is 0.396 e. The number of oxime groups is 1. The van der Waals surface area contributed by atoms with Crippen LogP contribution in [0.3, 0.4) is 0 Å². The van der Waals surface area contributed by atoms with Gasteiger partial charge in [0.25, 0.3) is 0 Å². The third-order valence-electron chi connectivity index (χ3n) is 1.71. The molecule has 1 amide bonds.